The topological polar surface area (TPSA) is 83.6 Å². The molecule has 1 aromatic heterocycles. The maximum Gasteiger partial charge on any atom is 0.178 e. The van der Waals surface area contributed by atoms with Gasteiger partial charge in [0.15, 0.2) is 23.3 Å². The van der Waals surface area contributed by atoms with Crippen LogP contribution in [0.1, 0.15) is 13.8 Å². The summed E-state index contributed by atoms with van der Waals surface area (Å²) in [7, 11) is 0. The molecular formula is C12H18F2N4O2. The molecule has 2 heterocycles. The molecule has 20 heavy (non-hydrogen) atoms. The fraction of sp³-hybridized carbons (Fsp3) is 0.583. The third-order valence-electron chi connectivity index (χ3n) is 3.03. The van der Waals surface area contributed by atoms with Gasteiger partial charge < -0.3 is 20.2 Å². The number of hydrazine groups is 1. The number of nitrogens with two attached hydrogens (primary N) is 1. The molecule has 1 aliphatic rings. The molecule has 1 aliphatic heterocycles. The Labute approximate surface area is 115 Å². The molecule has 0 bridgehead atoms. The van der Waals surface area contributed by atoms with E-state index in [1.165, 1.54) is 0 Å². The van der Waals surface area contributed by atoms with Crippen molar-refractivity contribution >= 4 is 11.6 Å². The van der Waals surface area contributed by atoms with Crippen LogP contribution in [0.4, 0.5) is 20.4 Å². The first-order chi connectivity index (χ1) is 9.36. The normalized spacial score (nSPS) is 21.9. The Hall–Kier alpha value is -1.51. The van der Waals surface area contributed by atoms with Crippen molar-refractivity contribution in [3.8, 4) is 0 Å². The molecule has 0 aromatic carbocycles. The summed E-state index contributed by atoms with van der Waals surface area (Å²) in [6, 6.07) is 0.730. The lowest BCUT2D eigenvalue weighted by molar-refractivity contribution is -0.101. The van der Waals surface area contributed by atoms with Gasteiger partial charge in [0.25, 0.3) is 0 Å². The maximum atomic E-state index is 13.9. The minimum atomic E-state index is -0.861. The molecule has 4 N–H and O–H groups in total. The van der Waals surface area contributed by atoms with Crippen LogP contribution < -0.4 is 16.2 Å². The van der Waals surface area contributed by atoms with E-state index in [0.29, 0.717) is 6.54 Å². The number of aromatic nitrogens is 1. The van der Waals surface area contributed by atoms with E-state index < -0.39 is 23.3 Å². The number of hydrogen-bond donors (Lipinski definition) is 3. The van der Waals surface area contributed by atoms with Crippen LogP contribution in [0.2, 0.25) is 0 Å². The number of halogens is 2. The Morgan fingerprint density at radius 1 is 1.55 bits per heavy atom. The summed E-state index contributed by atoms with van der Waals surface area (Å²) in [4.78, 5) is 5.46. The molecule has 1 saturated heterocycles. The summed E-state index contributed by atoms with van der Waals surface area (Å²) >= 11 is 0. The lowest BCUT2D eigenvalue weighted by atomic mass is 10.1. The van der Waals surface area contributed by atoms with Gasteiger partial charge in [-0.25, -0.2) is 19.6 Å². The molecule has 0 spiro atoms. The molecule has 2 rings (SSSR count). The number of aliphatic hydroxyl groups is 1. The molecule has 0 aliphatic carbocycles. The number of nitrogen functional groups attached to an aromatic ring is 1. The predicted molar refractivity (Wildman–Crippen MR) is 70.2 cm³/mol. The second-order valence-electron chi connectivity index (χ2n) is 5.33. The average molecular weight is 288 g/mol. The highest BCUT2D eigenvalue weighted by Gasteiger charge is 2.35. The van der Waals surface area contributed by atoms with Gasteiger partial charge >= 0.3 is 0 Å². The van der Waals surface area contributed by atoms with Crippen molar-refractivity contribution in [2.45, 2.75) is 25.6 Å². The van der Waals surface area contributed by atoms with E-state index in [-0.39, 0.29) is 24.8 Å². The van der Waals surface area contributed by atoms with Gasteiger partial charge in [0.1, 0.15) is 0 Å². The molecule has 1 aromatic rings. The molecule has 6 nitrogen and oxygen atoms in total. The summed E-state index contributed by atoms with van der Waals surface area (Å²) in [5, 5.41) is 9.24. The zero-order chi connectivity index (χ0) is 14.9. The van der Waals surface area contributed by atoms with E-state index in [9.17, 15) is 13.9 Å². The van der Waals surface area contributed by atoms with Crippen molar-refractivity contribution in [3.63, 3.8) is 0 Å². The van der Waals surface area contributed by atoms with Gasteiger partial charge in [-0.05, 0) is 13.8 Å². The number of aliphatic hydroxyl groups excluding tert-OH is 1. The van der Waals surface area contributed by atoms with E-state index in [0.717, 1.165) is 6.07 Å². The molecule has 1 unspecified atom stereocenters. The predicted octanol–water partition coefficient (Wildman–Crippen LogP) is 0.621. The fourth-order valence-corrected chi connectivity index (χ4v) is 2.33. The molecule has 8 heteroatoms. The van der Waals surface area contributed by atoms with Gasteiger partial charge in [-0.3, -0.25) is 0 Å². The zero-order valence-electron chi connectivity index (χ0n) is 11.4. The summed E-state index contributed by atoms with van der Waals surface area (Å²) in [6.07, 6.45) is -0.459. The van der Waals surface area contributed by atoms with Crippen LogP contribution in [-0.4, -0.2) is 41.5 Å². The summed E-state index contributed by atoms with van der Waals surface area (Å²) in [6.45, 7) is 4.09. The number of morpholine rings is 1. The SMILES string of the molecule is CC1(C)CN(c2nc(NN)c(F)cc2F)CC(CO)O1. The number of rotatable bonds is 3. The Morgan fingerprint density at radius 3 is 2.85 bits per heavy atom. The number of ether oxygens (including phenoxy) is 1. The van der Waals surface area contributed by atoms with E-state index in [1.807, 2.05) is 13.8 Å². The first kappa shape index (κ1) is 14.9. The van der Waals surface area contributed by atoms with Crippen molar-refractivity contribution in [2.75, 3.05) is 30.0 Å². The summed E-state index contributed by atoms with van der Waals surface area (Å²) in [5.41, 5.74) is 1.51. The highest BCUT2D eigenvalue weighted by Crippen LogP contribution is 2.28. The van der Waals surface area contributed by atoms with Gasteiger partial charge in [-0.2, -0.15) is 0 Å². The maximum absolute atomic E-state index is 13.9. The minimum Gasteiger partial charge on any atom is -0.394 e. The lowest BCUT2D eigenvalue weighted by Gasteiger charge is -2.42. The van der Waals surface area contributed by atoms with E-state index in [1.54, 1.807) is 4.90 Å². The van der Waals surface area contributed by atoms with Crippen LogP contribution in [0.15, 0.2) is 6.07 Å². The molecule has 0 saturated carbocycles. The molecular weight excluding hydrogens is 270 g/mol. The quantitative estimate of drug-likeness (QED) is 0.559. The van der Waals surface area contributed by atoms with Crippen LogP contribution in [0.25, 0.3) is 0 Å². The van der Waals surface area contributed by atoms with Crippen LogP contribution in [-0.2, 0) is 4.74 Å². The van der Waals surface area contributed by atoms with E-state index in [2.05, 4.69) is 10.4 Å². The van der Waals surface area contributed by atoms with Gasteiger partial charge in [-0.15, -0.1) is 0 Å². The Balaban J connectivity index is 2.34. The monoisotopic (exact) mass is 288 g/mol. The number of hydrogen-bond acceptors (Lipinski definition) is 6. The summed E-state index contributed by atoms with van der Waals surface area (Å²) in [5.74, 6) is 3.26. The van der Waals surface area contributed by atoms with Crippen LogP contribution in [0, 0.1) is 11.6 Å². The van der Waals surface area contributed by atoms with E-state index in [4.69, 9.17) is 10.6 Å². The number of nitrogens with zero attached hydrogens (tertiary/aromatic N) is 2. The standard InChI is InChI=1S/C12H18F2N4O2/c1-12(2)6-18(4-7(5-19)20-12)11-9(14)3-8(13)10(16-11)17-15/h3,7,19H,4-6,15H2,1-2H3,(H,16,17). The third-order valence-corrected chi connectivity index (χ3v) is 3.03. The highest BCUT2D eigenvalue weighted by atomic mass is 19.1. The smallest absolute Gasteiger partial charge is 0.178 e. The van der Waals surface area contributed by atoms with Crippen molar-refractivity contribution in [3.05, 3.63) is 17.7 Å². The molecule has 0 radical (unpaired) electrons. The third kappa shape index (κ3) is 2.97. The van der Waals surface area contributed by atoms with Crippen LogP contribution >= 0.6 is 0 Å². The number of nitrogens with one attached hydrogen (secondary N) is 1. The van der Waals surface area contributed by atoms with Gasteiger partial charge in [0.05, 0.1) is 18.3 Å². The summed E-state index contributed by atoms with van der Waals surface area (Å²) < 4.78 is 32.9. The van der Waals surface area contributed by atoms with Crippen molar-refractivity contribution < 1.29 is 18.6 Å². The van der Waals surface area contributed by atoms with Gasteiger partial charge in [0.2, 0.25) is 0 Å². The lowest BCUT2D eigenvalue weighted by Crippen LogP contribution is -2.54. The Bertz CT molecular complexity index is 499. The highest BCUT2D eigenvalue weighted by molar-refractivity contribution is 5.49. The molecule has 1 fully saturated rings. The number of anilines is 2. The van der Waals surface area contributed by atoms with Crippen LogP contribution in [0.5, 0.6) is 0 Å². The van der Waals surface area contributed by atoms with E-state index >= 15 is 0 Å². The largest absolute Gasteiger partial charge is 0.394 e. The van der Waals surface area contributed by atoms with Crippen molar-refractivity contribution in [1.29, 1.82) is 0 Å². The van der Waals surface area contributed by atoms with Crippen molar-refractivity contribution in [2.24, 2.45) is 5.84 Å². The number of pyridine rings is 1. The second-order valence-corrected chi connectivity index (χ2v) is 5.33. The molecule has 0 amide bonds. The average Bonchev–Trinajstić information content (AvgIpc) is 2.37. The minimum absolute atomic E-state index is 0.0193. The van der Waals surface area contributed by atoms with Crippen LogP contribution in [0.3, 0.4) is 0 Å². The van der Waals surface area contributed by atoms with Gasteiger partial charge in [0, 0.05) is 19.2 Å². The Morgan fingerprint density at radius 2 is 2.25 bits per heavy atom. The zero-order valence-corrected chi connectivity index (χ0v) is 11.4. The van der Waals surface area contributed by atoms with Gasteiger partial charge in [-0.1, -0.05) is 0 Å². The van der Waals surface area contributed by atoms with Crippen molar-refractivity contribution in [1.82, 2.24) is 4.98 Å². The molecule has 112 valence electrons. The Kier molecular flexibility index (Phi) is 4.07. The molecule has 1 atom stereocenters. The second kappa shape index (κ2) is 5.47. The fourth-order valence-electron chi connectivity index (χ4n) is 2.33. The first-order valence-electron chi connectivity index (χ1n) is 6.22. The first-order valence-corrected chi connectivity index (χ1v) is 6.22.